The molecular formula is C72H66FN3O23S. The standard InChI is InChI=1S/C72H66FN3O23S/c1-37(77)88-34-54-60(93-38(2)78)62(95-40(4)80)56(75-66(84)48-24-14-15-25-49(48)67(75)85)71(98-54)91-35-52-58(89-32-42-18-8-6-9-19-42)61(94-39(3)79)55(74-64(82)46-22-12-13-23-47(46)65(74)83)70(97-52)92-36-53-59(90-33-43-20-10-7-11-21-43)63(96-41(5)81)57(72(99-53)100-45-30-28-44(73)29-31-45)76-68(86)50-26-16-17-27-51(50)69(76)87/h6-31,52-63,70-72H,32-36H2,1-5H3/t52-,53-,54-,55-,56-,57-,58-,59-,60-,61-,62-,63-,70-,71-,72+/m1/s1. The maximum absolute atomic E-state index is 15.1. The second-order valence-electron chi connectivity index (χ2n) is 24.0. The summed E-state index contributed by atoms with van der Waals surface area (Å²) >= 11 is 0.935. The Kier molecular flexibility index (Phi) is 21.2. The quantitative estimate of drug-likeness (QED) is 0.0371. The summed E-state index contributed by atoms with van der Waals surface area (Å²) in [4.78, 5) is 158. The van der Waals surface area contributed by atoms with Crippen LogP contribution in [0.1, 0.15) is 108 Å². The highest BCUT2D eigenvalue weighted by Gasteiger charge is 2.62. The van der Waals surface area contributed by atoms with Crippen molar-refractivity contribution >= 4 is 77.1 Å². The van der Waals surface area contributed by atoms with Crippen LogP contribution in [-0.4, -0.2) is 191 Å². The number of esters is 5. The van der Waals surface area contributed by atoms with Crippen LogP contribution in [0.25, 0.3) is 0 Å². The molecule has 15 atom stereocenters. The first-order valence-electron chi connectivity index (χ1n) is 31.8. The van der Waals surface area contributed by atoms with Crippen molar-refractivity contribution in [2.75, 3.05) is 19.8 Å². The molecule has 0 saturated carbocycles. The van der Waals surface area contributed by atoms with Gasteiger partial charge in [0.1, 0.15) is 66.5 Å². The van der Waals surface area contributed by atoms with Crippen molar-refractivity contribution in [3.05, 3.63) is 208 Å². The monoisotopic (exact) mass is 1390 g/mol. The Morgan fingerprint density at radius 2 is 0.690 bits per heavy atom. The fourth-order valence-corrected chi connectivity index (χ4v) is 14.3. The number of halogens is 1. The Balaban J connectivity index is 0.980. The van der Waals surface area contributed by atoms with E-state index in [4.69, 9.17) is 56.8 Å². The van der Waals surface area contributed by atoms with Gasteiger partial charge in [0.25, 0.3) is 35.4 Å². The van der Waals surface area contributed by atoms with E-state index in [2.05, 4.69) is 0 Å². The minimum Gasteiger partial charge on any atom is -0.463 e. The molecule has 0 N–H and O–H groups in total. The molecule has 6 heterocycles. The molecule has 0 spiro atoms. The Hall–Kier alpha value is -9.91. The molecule has 6 aliphatic rings. The van der Waals surface area contributed by atoms with Gasteiger partial charge < -0.3 is 56.8 Å². The number of thioether (sulfide) groups is 1. The first-order valence-corrected chi connectivity index (χ1v) is 32.7. The Labute approximate surface area is 575 Å². The van der Waals surface area contributed by atoms with E-state index in [1.165, 1.54) is 84.9 Å². The van der Waals surface area contributed by atoms with Gasteiger partial charge in [-0.1, -0.05) is 109 Å². The van der Waals surface area contributed by atoms with Gasteiger partial charge in [-0.25, -0.2) is 4.39 Å². The molecule has 6 amide bonds. The van der Waals surface area contributed by atoms with Gasteiger partial charge in [-0.15, -0.1) is 0 Å². The summed E-state index contributed by atoms with van der Waals surface area (Å²) in [6.07, 6.45) is -18.8. The van der Waals surface area contributed by atoms with Gasteiger partial charge >= 0.3 is 29.8 Å². The van der Waals surface area contributed by atoms with Gasteiger partial charge in [-0.05, 0) is 71.8 Å². The normalized spacial score (nSPS) is 26.9. The van der Waals surface area contributed by atoms with Crippen LogP contribution >= 0.6 is 11.8 Å². The zero-order valence-corrected chi connectivity index (χ0v) is 55.0. The number of nitrogens with zero attached hydrogens (tertiary/aromatic N) is 3. The number of hydrogen-bond acceptors (Lipinski definition) is 24. The van der Waals surface area contributed by atoms with Crippen LogP contribution in [0.3, 0.4) is 0 Å². The minimum atomic E-state index is -1.99. The van der Waals surface area contributed by atoms with E-state index in [0.29, 0.717) is 16.0 Å². The molecule has 3 saturated heterocycles. The van der Waals surface area contributed by atoms with Gasteiger partial charge in [0.05, 0.1) is 59.8 Å². The lowest BCUT2D eigenvalue weighted by atomic mass is 9.93. The third-order valence-corrected chi connectivity index (χ3v) is 18.5. The van der Waals surface area contributed by atoms with Gasteiger partial charge in [-0.2, -0.15) is 0 Å². The van der Waals surface area contributed by atoms with E-state index in [1.54, 1.807) is 72.8 Å². The van der Waals surface area contributed by atoms with E-state index in [-0.39, 0.29) is 46.6 Å². The largest absolute Gasteiger partial charge is 0.463 e. The Bertz CT molecular complexity index is 4040. The Morgan fingerprint density at radius 3 is 1.06 bits per heavy atom. The molecule has 0 radical (unpaired) electrons. The zero-order valence-electron chi connectivity index (χ0n) is 54.2. The van der Waals surface area contributed by atoms with E-state index >= 15 is 9.59 Å². The van der Waals surface area contributed by atoms with Crippen molar-refractivity contribution in [2.24, 2.45) is 0 Å². The van der Waals surface area contributed by atoms with E-state index in [9.17, 15) is 47.5 Å². The van der Waals surface area contributed by atoms with Crippen molar-refractivity contribution in [2.45, 2.75) is 144 Å². The fraction of sp³-hybridized carbons (Fsp3) is 0.347. The predicted molar refractivity (Wildman–Crippen MR) is 341 cm³/mol. The lowest BCUT2D eigenvalue weighted by molar-refractivity contribution is -0.323. The van der Waals surface area contributed by atoms with Crippen LogP contribution in [-0.2, 0) is 94.0 Å². The molecule has 6 aromatic carbocycles. The number of fused-ring (bicyclic) bond motifs is 3. The summed E-state index contributed by atoms with van der Waals surface area (Å²) in [6.45, 7) is 2.58. The first-order chi connectivity index (χ1) is 48.1. The topological polar surface area (TPSA) is 308 Å². The van der Waals surface area contributed by atoms with Crippen LogP contribution in [0, 0.1) is 5.82 Å². The number of carbonyl (C=O) groups excluding carboxylic acids is 11. The van der Waals surface area contributed by atoms with E-state index < -0.39 is 182 Å². The number of benzene rings is 6. The summed E-state index contributed by atoms with van der Waals surface area (Å²) in [5, 5.41) is 0. The number of carbonyl (C=O) groups is 11. The SMILES string of the molecule is CC(=O)OC[C@H]1O[C@@H](OC[C@H]2O[C@@H](OC[C@H]3O[C@@H](Sc4ccc(F)cc4)[C@H](N4C(=O)c5ccccc5C4=O)[C@@H](OC(C)=O)[C@@H]3OCc3ccccc3)[C@H](N3C(=O)c4ccccc4C3=O)[C@@H](OC(C)=O)[C@@H]2OCc2ccccc2)[C@H](N2C(=O)c3ccccc3C2=O)[C@@H](OC(C)=O)[C@@H]1OC(C)=O. The maximum Gasteiger partial charge on any atom is 0.303 e. The lowest BCUT2D eigenvalue weighted by Gasteiger charge is -2.50. The van der Waals surface area contributed by atoms with E-state index in [0.717, 1.165) is 61.1 Å². The molecule has 28 heteroatoms. The molecule has 6 aliphatic heterocycles. The number of rotatable bonds is 23. The molecule has 12 rings (SSSR count). The highest BCUT2D eigenvalue weighted by atomic mass is 32.2. The van der Waals surface area contributed by atoms with Gasteiger partial charge in [0.2, 0.25) is 0 Å². The highest BCUT2D eigenvalue weighted by molar-refractivity contribution is 7.99. The number of amides is 6. The van der Waals surface area contributed by atoms with Crippen molar-refractivity contribution in [1.82, 2.24) is 14.7 Å². The highest BCUT2D eigenvalue weighted by Crippen LogP contribution is 2.44. The molecule has 0 unspecified atom stereocenters. The van der Waals surface area contributed by atoms with Crippen molar-refractivity contribution < 1.29 is 114 Å². The summed E-state index contributed by atoms with van der Waals surface area (Å²) in [5.74, 6) is -10.3. The maximum atomic E-state index is 15.1. The molecule has 520 valence electrons. The molecular weight excluding hydrogens is 1330 g/mol. The van der Waals surface area contributed by atoms with Crippen LogP contribution in [0.15, 0.2) is 163 Å². The molecule has 0 aliphatic carbocycles. The van der Waals surface area contributed by atoms with E-state index in [1.807, 2.05) is 0 Å². The predicted octanol–water partition coefficient (Wildman–Crippen LogP) is 6.58. The van der Waals surface area contributed by atoms with Crippen molar-refractivity contribution in [3.8, 4) is 0 Å². The van der Waals surface area contributed by atoms with Crippen LogP contribution < -0.4 is 0 Å². The zero-order chi connectivity index (χ0) is 70.6. The fourth-order valence-electron chi connectivity index (χ4n) is 13.2. The molecule has 6 aromatic rings. The average molecular weight is 1390 g/mol. The molecule has 0 bridgehead atoms. The van der Waals surface area contributed by atoms with Crippen molar-refractivity contribution in [1.29, 1.82) is 0 Å². The second-order valence-corrected chi connectivity index (χ2v) is 25.2. The molecule has 100 heavy (non-hydrogen) atoms. The number of ether oxygens (including phenoxy) is 12. The summed E-state index contributed by atoms with van der Waals surface area (Å²) in [6, 6.07) is 35.2. The van der Waals surface area contributed by atoms with Gasteiger partial charge in [0, 0.05) is 39.5 Å². The summed E-state index contributed by atoms with van der Waals surface area (Å²) < 4.78 is 91.9. The van der Waals surface area contributed by atoms with Gasteiger partial charge in [-0.3, -0.25) is 67.4 Å². The number of imide groups is 3. The molecule has 0 aromatic heterocycles. The van der Waals surface area contributed by atoms with Crippen molar-refractivity contribution in [3.63, 3.8) is 0 Å². The first kappa shape index (κ1) is 70.0. The molecule has 26 nitrogen and oxygen atoms in total. The third kappa shape index (κ3) is 14.6. The number of hydrogen-bond donors (Lipinski definition) is 0. The van der Waals surface area contributed by atoms with Crippen LogP contribution in [0.2, 0.25) is 0 Å². The summed E-state index contributed by atoms with van der Waals surface area (Å²) in [7, 11) is 0. The lowest BCUT2D eigenvalue weighted by Crippen LogP contribution is -2.69. The second kappa shape index (κ2) is 30.3. The Morgan fingerprint density at radius 1 is 0.370 bits per heavy atom. The minimum absolute atomic E-state index is 0.0405. The van der Waals surface area contributed by atoms with Crippen LogP contribution in [0.5, 0.6) is 0 Å². The average Bonchev–Trinajstić information content (AvgIpc) is 1.53. The molecule has 3 fully saturated rings. The summed E-state index contributed by atoms with van der Waals surface area (Å²) in [5.41, 5.74) is -0.427. The smallest absolute Gasteiger partial charge is 0.303 e. The third-order valence-electron chi connectivity index (χ3n) is 17.4. The van der Waals surface area contributed by atoms with Gasteiger partial charge in [0.15, 0.2) is 37.0 Å². The van der Waals surface area contributed by atoms with Crippen LogP contribution in [0.4, 0.5) is 4.39 Å².